The Hall–Kier alpha value is -1.40. The third-order valence-corrected chi connectivity index (χ3v) is 3.53. The number of hydrogen-bond acceptors (Lipinski definition) is 3. The van der Waals surface area contributed by atoms with Gasteiger partial charge in [0.25, 0.3) is 0 Å². The summed E-state index contributed by atoms with van der Waals surface area (Å²) in [5.41, 5.74) is 0.725. The summed E-state index contributed by atoms with van der Waals surface area (Å²) in [6.45, 7) is 0.291. The second-order valence-corrected chi connectivity index (χ2v) is 5.17. The number of piperazine rings is 1. The van der Waals surface area contributed by atoms with Gasteiger partial charge in [-0.1, -0.05) is 15.9 Å². The quantitative estimate of drug-likeness (QED) is 0.891. The number of likely N-dealkylation sites (N-methyl/N-ethyl adjacent to an activating group) is 1. The maximum absolute atomic E-state index is 11.9. The molecule has 2 rings (SSSR count). The van der Waals surface area contributed by atoms with Gasteiger partial charge in [0.1, 0.15) is 6.04 Å². The van der Waals surface area contributed by atoms with Gasteiger partial charge in [-0.3, -0.25) is 14.5 Å². The van der Waals surface area contributed by atoms with E-state index in [4.69, 9.17) is 5.11 Å². The zero-order chi connectivity index (χ0) is 13.3. The molecule has 0 bridgehead atoms. The first-order valence-corrected chi connectivity index (χ1v) is 6.27. The van der Waals surface area contributed by atoms with Crippen LogP contribution in [0.15, 0.2) is 28.7 Å². The van der Waals surface area contributed by atoms with Gasteiger partial charge in [0.05, 0.1) is 13.1 Å². The minimum atomic E-state index is -0.910. The average Bonchev–Trinajstić information content (AvgIpc) is 2.30. The minimum Gasteiger partial charge on any atom is -0.480 e. The molecule has 6 heteroatoms. The first-order valence-electron chi connectivity index (χ1n) is 5.48. The number of hydrogen-bond donors (Lipinski definition) is 1. The van der Waals surface area contributed by atoms with Crippen molar-refractivity contribution in [1.82, 2.24) is 4.90 Å². The van der Waals surface area contributed by atoms with Crippen molar-refractivity contribution in [3.05, 3.63) is 28.7 Å². The average molecular weight is 313 g/mol. The van der Waals surface area contributed by atoms with Crippen LogP contribution >= 0.6 is 15.9 Å². The molecule has 1 aromatic carbocycles. The standard InChI is InChI=1S/C12H13BrN2O3/c1-14-7-11(16)15(6-10(14)12(17)18)9-4-2-8(13)3-5-9/h2-5,10H,6-7H2,1H3,(H,17,18). The summed E-state index contributed by atoms with van der Waals surface area (Å²) in [6, 6.07) is 6.60. The van der Waals surface area contributed by atoms with Crippen LogP contribution in [0.2, 0.25) is 0 Å². The van der Waals surface area contributed by atoms with E-state index in [0.29, 0.717) is 0 Å². The van der Waals surface area contributed by atoms with Gasteiger partial charge in [0.15, 0.2) is 0 Å². The lowest BCUT2D eigenvalue weighted by Gasteiger charge is -2.36. The van der Waals surface area contributed by atoms with Crippen LogP contribution in [0.5, 0.6) is 0 Å². The van der Waals surface area contributed by atoms with E-state index in [1.54, 1.807) is 24.1 Å². The lowest BCUT2D eigenvalue weighted by atomic mass is 10.1. The fourth-order valence-electron chi connectivity index (χ4n) is 1.96. The predicted octanol–water partition coefficient (Wildman–Crippen LogP) is 1.18. The fraction of sp³-hybridized carbons (Fsp3) is 0.333. The normalized spacial score (nSPS) is 21.1. The summed E-state index contributed by atoms with van der Waals surface area (Å²) in [4.78, 5) is 26.1. The first-order chi connectivity index (χ1) is 8.49. The monoisotopic (exact) mass is 312 g/mol. The highest BCUT2D eigenvalue weighted by Crippen LogP contribution is 2.22. The molecule has 1 N–H and O–H groups in total. The Morgan fingerprint density at radius 1 is 1.39 bits per heavy atom. The Bertz CT molecular complexity index is 475. The van der Waals surface area contributed by atoms with Crippen LogP contribution in [-0.4, -0.2) is 48.1 Å². The van der Waals surface area contributed by atoms with Gasteiger partial charge >= 0.3 is 5.97 Å². The maximum Gasteiger partial charge on any atom is 0.322 e. The summed E-state index contributed by atoms with van der Waals surface area (Å²) in [7, 11) is 1.65. The smallest absolute Gasteiger partial charge is 0.322 e. The molecule has 96 valence electrons. The third-order valence-electron chi connectivity index (χ3n) is 3.00. The number of halogens is 1. The van der Waals surface area contributed by atoms with Crippen molar-refractivity contribution in [3.63, 3.8) is 0 Å². The summed E-state index contributed by atoms with van der Waals surface area (Å²) >= 11 is 3.32. The van der Waals surface area contributed by atoms with Crippen LogP contribution in [-0.2, 0) is 9.59 Å². The molecular weight excluding hydrogens is 300 g/mol. The van der Waals surface area contributed by atoms with Crippen molar-refractivity contribution in [2.24, 2.45) is 0 Å². The number of carboxylic acids is 1. The van der Waals surface area contributed by atoms with E-state index in [9.17, 15) is 9.59 Å². The molecule has 1 heterocycles. The van der Waals surface area contributed by atoms with E-state index in [1.165, 1.54) is 4.90 Å². The van der Waals surface area contributed by atoms with Crippen molar-refractivity contribution in [2.45, 2.75) is 6.04 Å². The van der Waals surface area contributed by atoms with E-state index in [2.05, 4.69) is 15.9 Å². The number of benzene rings is 1. The number of anilines is 1. The Morgan fingerprint density at radius 3 is 2.56 bits per heavy atom. The number of rotatable bonds is 2. The predicted molar refractivity (Wildman–Crippen MR) is 70.5 cm³/mol. The van der Waals surface area contributed by atoms with Crippen LogP contribution in [0.4, 0.5) is 5.69 Å². The zero-order valence-electron chi connectivity index (χ0n) is 9.84. The summed E-state index contributed by atoms with van der Waals surface area (Å²) in [5.74, 6) is -0.996. The Labute approximate surface area is 113 Å². The van der Waals surface area contributed by atoms with Gasteiger partial charge in [0.2, 0.25) is 5.91 Å². The molecule has 18 heavy (non-hydrogen) atoms. The molecule has 1 saturated heterocycles. The Balaban J connectivity index is 2.24. The van der Waals surface area contributed by atoms with Crippen molar-refractivity contribution >= 4 is 33.5 Å². The molecule has 1 aliphatic rings. The number of aliphatic carboxylic acids is 1. The molecule has 0 saturated carbocycles. The molecule has 0 spiro atoms. The summed E-state index contributed by atoms with van der Waals surface area (Å²) in [6.07, 6.45) is 0. The van der Waals surface area contributed by atoms with Crippen molar-refractivity contribution < 1.29 is 14.7 Å². The molecular formula is C12H13BrN2O3. The molecule has 5 nitrogen and oxygen atoms in total. The van der Waals surface area contributed by atoms with Gasteiger partial charge in [-0.2, -0.15) is 0 Å². The van der Waals surface area contributed by atoms with Crippen LogP contribution < -0.4 is 4.90 Å². The molecule has 1 fully saturated rings. The molecule has 0 aromatic heterocycles. The molecule has 1 atom stereocenters. The highest BCUT2D eigenvalue weighted by molar-refractivity contribution is 9.10. The van der Waals surface area contributed by atoms with Gasteiger partial charge in [-0.25, -0.2) is 0 Å². The Kier molecular flexibility index (Phi) is 3.68. The topological polar surface area (TPSA) is 60.9 Å². The summed E-state index contributed by atoms with van der Waals surface area (Å²) < 4.78 is 0.919. The SMILES string of the molecule is CN1CC(=O)N(c2ccc(Br)cc2)CC1C(=O)O. The lowest BCUT2D eigenvalue weighted by molar-refractivity contribution is -0.144. The number of amides is 1. The van der Waals surface area contributed by atoms with Crippen LogP contribution in [0.25, 0.3) is 0 Å². The van der Waals surface area contributed by atoms with Crippen LogP contribution in [0.1, 0.15) is 0 Å². The fourth-order valence-corrected chi connectivity index (χ4v) is 2.22. The number of nitrogens with zero attached hydrogens (tertiary/aromatic N) is 2. The molecule has 0 aliphatic carbocycles. The van der Waals surface area contributed by atoms with Crippen LogP contribution in [0.3, 0.4) is 0 Å². The van der Waals surface area contributed by atoms with Crippen LogP contribution in [0, 0.1) is 0 Å². The van der Waals surface area contributed by atoms with Gasteiger partial charge in [-0.15, -0.1) is 0 Å². The van der Waals surface area contributed by atoms with E-state index in [-0.39, 0.29) is 19.0 Å². The molecule has 0 radical (unpaired) electrons. The molecule has 1 aliphatic heterocycles. The minimum absolute atomic E-state index is 0.0858. The summed E-state index contributed by atoms with van der Waals surface area (Å²) in [5, 5.41) is 9.12. The first kappa shape index (κ1) is 13.0. The third kappa shape index (κ3) is 2.54. The largest absolute Gasteiger partial charge is 0.480 e. The van der Waals surface area contributed by atoms with Crippen molar-refractivity contribution in [1.29, 1.82) is 0 Å². The number of carbonyl (C=O) groups is 2. The number of carboxylic acid groups (broad SMARTS) is 1. The van der Waals surface area contributed by atoms with Gasteiger partial charge in [0, 0.05) is 10.2 Å². The van der Waals surface area contributed by atoms with E-state index in [1.807, 2.05) is 12.1 Å². The van der Waals surface area contributed by atoms with Gasteiger partial charge < -0.3 is 10.0 Å². The van der Waals surface area contributed by atoms with Crippen molar-refractivity contribution in [2.75, 3.05) is 25.0 Å². The van der Waals surface area contributed by atoms with Crippen molar-refractivity contribution in [3.8, 4) is 0 Å². The molecule has 1 amide bonds. The highest BCUT2D eigenvalue weighted by atomic mass is 79.9. The molecule has 1 aromatic rings. The van der Waals surface area contributed by atoms with Gasteiger partial charge in [-0.05, 0) is 31.3 Å². The Morgan fingerprint density at radius 2 is 2.00 bits per heavy atom. The molecule has 1 unspecified atom stereocenters. The second-order valence-electron chi connectivity index (χ2n) is 4.25. The lowest BCUT2D eigenvalue weighted by Crippen LogP contribution is -2.57. The van der Waals surface area contributed by atoms with E-state index in [0.717, 1.165) is 10.2 Å². The van der Waals surface area contributed by atoms with E-state index < -0.39 is 12.0 Å². The maximum atomic E-state index is 11.9. The van der Waals surface area contributed by atoms with E-state index >= 15 is 0 Å². The second kappa shape index (κ2) is 5.07. The zero-order valence-corrected chi connectivity index (χ0v) is 11.4. The number of carbonyl (C=O) groups excluding carboxylic acids is 1. The highest BCUT2D eigenvalue weighted by Gasteiger charge is 2.34.